The molecule has 1 amide bonds. The molecule has 166 valence electrons. The number of aliphatic hydroxyl groups excluding tert-OH is 1. The molecule has 0 radical (unpaired) electrons. The lowest BCUT2D eigenvalue weighted by molar-refractivity contribution is -0.117. The second kappa shape index (κ2) is 8.49. The molecule has 4 heterocycles. The van der Waals surface area contributed by atoms with Crippen molar-refractivity contribution in [2.45, 2.75) is 63.8 Å². The third-order valence-electron chi connectivity index (χ3n) is 7.13. The standard InChI is InChI=1S/C24H29ClN2O3S/c1-16-13-24(22-19(8-12-30-24)20(15-28)23(25)31-22)9-11-26(16)14-17-4-6-18(7-5-17)27-10-2-3-21(27)29/h4-7,16,28H,2-3,8-15H2,1H3/t16-,24+/m0/s1. The molecule has 1 aromatic carbocycles. The monoisotopic (exact) mass is 460 g/mol. The van der Waals surface area contributed by atoms with Gasteiger partial charge in [0.25, 0.3) is 0 Å². The molecule has 1 spiro atoms. The molecule has 31 heavy (non-hydrogen) atoms. The third-order valence-corrected chi connectivity index (χ3v) is 8.84. The number of nitrogens with zero attached hydrogens (tertiary/aromatic N) is 2. The Morgan fingerprint density at radius 1 is 1.26 bits per heavy atom. The van der Waals surface area contributed by atoms with E-state index in [0.29, 0.717) is 23.4 Å². The SMILES string of the molecule is C[C@H]1C[C@@]2(CCN1Cc1ccc(N3CCCC3=O)cc1)OCCc1c2sc(Cl)c1CO. The molecule has 0 aliphatic carbocycles. The lowest BCUT2D eigenvalue weighted by Crippen LogP contribution is -2.50. The Bertz CT molecular complexity index is 976. The first-order valence-corrected chi connectivity index (χ1v) is 12.4. The van der Waals surface area contributed by atoms with Crippen LogP contribution in [0.3, 0.4) is 0 Å². The summed E-state index contributed by atoms with van der Waals surface area (Å²) in [5.74, 6) is 0.229. The lowest BCUT2D eigenvalue weighted by atomic mass is 9.81. The van der Waals surface area contributed by atoms with Crippen molar-refractivity contribution >= 4 is 34.5 Å². The van der Waals surface area contributed by atoms with Gasteiger partial charge in [-0.2, -0.15) is 0 Å². The number of piperidine rings is 1. The minimum absolute atomic E-state index is 0.00143. The van der Waals surface area contributed by atoms with E-state index in [1.54, 1.807) is 11.3 Å². The van der Waals surface area contributed by atoms with E-state index >= 15 is 0 Å². The second-order valence-electron chi connectivity index (χ2n) is 9.00. The molecule has 0 bridgehead atoms. The van der Waals surface area contributed by atoms with Gasteiger partial charge in [0.2, 0.25) is 5.91 Å². The average molecular weight is 461 g/mol. The topological polar surface area (TPSA) is 53.0 Å². The van der Waals surface area contributed by atoms with Crippen LogP contribution < -0.4 is 4.90 Å². The van der Waals surface area contributed by atoms with Crippen molar-refractivity contribution in [2.75, 3.05) is 24.6 Å². The minimum Gasteiger partial charge on any atom is -0.392 e. The van der Waals surface area contributed by atoms with E-state index in [-0.39, 0.29) is 18.1 Å². The fourth-order valence-electron chi connectivity index (χ4n) is 5.43. The molecule has 5 rings (SSSR count). The number of fused-ring (bicyclic) bond motifs is 2. The Hall–Kier alpha value is -1.44. The molecule has 0 unspecified atom stereocenters. The van der Waals surface area contributed by atoms with E-state index in [9.17, 15) is 9.90 Å². The fourth-order valence-corrected chi connectivity index (χ4v) is 7.11. The number of aliphatic hydroxyl groups is 1. The molecular weight excluding hydrogens is 432 g/mol. The number of hydrogen-bond donors (Lipinski definition) is 1. The van der Waals surface area contributed by atoms with Crippen molar-refractivity contribution in [3.8, 4) is 0 Å². The molecule has 3 aliphatic rings. The largest absolute Gasteiger partial charge is 0.392 e. The number of hydrogen-bond acceptors (Lipinski definition) is 5. The number of carbonyl (C=O) groups is 1. The van der Waals surface area contributed by atoms with E-state index in [2.05, 4.69) is 36.1 Å². The molecular formula is C24H29ClN2O3S. The van der Waals surface area contributed by atoms with Crippen LogP contribution in [0.25, 0.3) is 0 Å². The van der Waals surface area contributed by atoms with Crippen LogP contribution in [-0.2, 0) is 34.7 Å². The molecule has 2 atom stereocenters. The van der Waals surface area contributed by atoms with Crippen LogP contribution in [-0.4, -0.2) is 41.7 Å². The molecule has 2 aromatic rings. The molecule has 3 aliphatic heterocycles. The molecule has 7 heteroatoms. The number of amides is 1. The number of ether oxygens (including phenoxy) is 1. The lowest BCUT2D eigenvalue weighted by Gasteiger charge is -2.47. The first-order valence-electron chi connectivity index (χ1n) is 11.2. The summed E-state index contributed by atoms with van der Waals surface area (Å²) in [5, 5.41) is 9.76. The second-order valence-corrected chi connectivity index (χ2v) is 10.6. The molecule has 0 saturated carbocycles. The number of benzene rings is 1. The van der Waals surface area contributed by atoms with Crippen LogP contribution in [0.5, 0.6) is 0 Å². The Morgan fingerprint density at radius 2 is 2.06 bits per heavy atom. The van der Waals surface area contributed by atoms with E-state index in [1.165, 1.54) is 16.0 Å². The predicted octanol–water partition coefficient (Wildman–Crippen LogP) is 4.47. The zero-order chi connectivity index (χ0) is 21.6. The first-order chi connectivity index (χ1) is 15.0. The van der Waals surface area contributed by atoms with Gasteiger partial charge in [-0.3, -0.25) is 9.69 Å². The van der Waals surface area contributed by atoms with Crippen molar-refractivity contribution in [3.05, 3.63) is 50.2 Å². The van der Waals surface area contributed by atoms with Crippen LogP contribution in [0.1, 0.15) is 54.2 Å². The van der Waals surface area contributed by atoms with Crippen molar-refractivity contribution in [2.24, 2.45) is 0 Å². The normalized spacial score (nSPS) is 26.6. The molecule has 2 saturated heterocycles. The van der Waals surface area contributed by atoms with Crippen LogP contribution >= 0.6 is 22.9 Å². The van der Waals surface area contributed by atoms with Gasteiger partial charge < -0.3 is 14.7 Å². The van der Waals surface area contributed by atoms with Gasteiger partial charge in [0.15, 0.2) is 0 Å². The van der Waals surface area contributed by atoms with E-state index < -0.39 is 0 Å². The Balaban J connectivity index is 1.29. The van der Waals surface area contributed by atoms with E-state index in [1.807, 2.05) is 4.90 Å². The highest BCUT2D eigenvalue weighted by molar-refractivity contribution is 7.16. The Morgan fingerprint density at radius 3 is 2.74 bits per heavy atom. The van der Waals surface area contributed by atoms with Crippen LogP contribution in [0.15, 0.2) is 24.3 Å². The summed E-state index contributed by atoms with van der Waals surface area (Å²) in [6.45, 7) is 5.65. The van der Waals surface area contributed by atoms with Crippen molar-refractivity contribution in [1.29, 1.82) is 0 Å². The number of carbonyl (C=O) groups excluding carboxylic acids is 1. The fraction of sp³-hybridized carbons (Fsp3) is 0.542. The van der Waals surface area contributed by atoms with Crippen molar-refractivity contribution < 1.29 is 14.6 Å². The number of halogens is 1. The molecule has 1 aromatic heterocycles. The number of likely N-dealkylation sites (tertiary alicyclic amines) is 1. The van der Waals surface area contributed by atoms with Gasteiger partial charge in [-0.25, -0.2) is 0 Å². The highest BCUT2D eigenvalue weighted by atomic mass is 35.5. The average Bonchev–Trinajstić information content (AvgIpc) is 3.34. The Labute approximate surface area is 192 Å². The van der Waals surface area contributed by atoms with Gasteiger partial charge in [-0.1, -0.05) is 23.7 Å². The number of thiophene rings is 1. The van der Waals surface area contributed by atoms with Gasteiger partial charge >= 0.3 is 0 Å². The first kappa shape index (κ1) is 21.4. The summed E-state index contributed by atoms with van der Waals surface area (Å²) >= 11 is 8.04. The summed E-state index contributed by atoms with van der Waals surface area (Å²) in [6.07, 6.45) is 4.31. The highest BCUT2D eigenvalue weighted by Gasteiger charge is 2.45. The smallest absolute Gasteiger partial charge is 0.227 e. The minimum atomic E-state index is -0.273. The van der Waals surface area contributed by atoms with Gasteiger partial charge in [-0.05, 0) is 55.9 Å². The summed E-state index contributed by atoms with van der Waals surface area (Å²) in [6, 6.07) is 8.84. The van der Waals surface area contributed by atoms with Crippen LogP contribution in [0.2, 0.25) is 4.34 Å². The summed E-state index contributed by atoms with van der Waals surface area (Å²) in [5.41, 5.74) is 4.12. The van der Waals surface area contributed by atoms with Crippen molar-refractivity contribution in [3.63, 3.8) is 0 Å². The number of anilines is 1. The van der Waals surface area contributed by atoms with Crippen molar-refractivity contribution in [1.82, 2.24) is 4.90 Å². The highest BCUT2D eigenvalue weighted by Crippen LogP contribution is 2.50. The van der Waals surface area contributed by atoms with E-state index in [4.69, 9.17) is 16.3 Å². The Kier molecular flexibility index (Phi) is 5.86. The summed E-state index contributed by atoms with van der Waals surface area (Å²) in [7, 11) is 0. The summed E-state index contributed by atoms with van der Waals surface area (Å²) < 4.78 is 7.12. The zero-order valence-corrected chi connectivity index (χ0v) is 19.5. The van der Waals surface area contributed by atoms with Gasteiger partial charge in [0.1, 0.15) is 5.60 Å². The van der Waals surface area contributed by atoms with Gasteiger partial charge in [0, 0.05) is 48.2 Å². The van der Waals surface area contributed by atoms with Crippen LogP contribution in [0, 0.1) is 0 Å². The maximum absolute atomic E-state index is 12.0. The number of rotatable bonds is 4. The predicted molar refractivity (Wildman–Crippen MR) is 124 cm³/mol. The molecule has 2 fully saturated rings. The zero-order valence-electron chi connectivity index (χ0n) is 17.9. The molecule has 5 nitrogen and oxygen atoms in total. The quantitative estimate of drug-likeness (QED) is 0.731. The van der Waals surface area contributed by atoms with E-state index in [0.717, 1.165) is 56.6 Å². The maximum Gasteiger partial charge on any atom is 0.227 e. The van der Waals surface area contributed by atoms with Crippen LogP contribution in [0.4, 0.5) is 5.69 Å². The van der Waals surface area contributed by atoms with Gasteiger partial charge in [-0.15, -0.1) is 11.3 Å². The summed E-state index contributed by atoms with van der Waals surface area (Å²) in [4.78, 5) is 17.6. The molecule has 1 N–H and O–H groups in total. The van der Waals surface area contributed by atoms with Gasteiger partial charge in [0.05, 0.1) is 17.6 Å². The third kappa shape index (κ3) is 3.83. The maximum atomic E-state index is 12.0.